The summed E-state index contributed by atoms with van der Waals surface area (Å²) in [6.45, 7) is 3.45. The minimum atomic E-state index is -1.45. The minimum absolute atomic E-state index is 0.500. The number of rotatable bonds is 4. The first kappa shape index (κ1) is 15.0. The maximum absolute atomic E-state index is 6.06. The molecule has 1 atom stereocenters. The maximum atomic E-state index is 6.06. The highest BCUT2D eigenvalue weighted by Crippen LogP contribution is 2.37. The van der Waals surface area contributed by atoms with Crippen LogP contribution in [0.25, 0.3) is 0 Å². The van der Waals surface area contributed by atoms with Crippen LogP contribution in [-0.4, -0.2) is 43.2 Å². The van der Waals surface area contributed by atoms with Crippen LogP contribution in [0.5, 0.6) is 11.5 Å². The summed E-state index contributed by atoms with van der Waals surface area (Å²) in [6.07, 6.45) is 0. The third kappa shape index (κ3) is 2.53. The van der Waals surface area contributed by atoms with Crippen LogP contribution in [0, 0.1) is 6.92 Å². The van der Waals surface area contributed by atoms with Gasteiger partial charge in [-0.05, 0) is 35.6 Å². The molecule has 1 aromatic carbocycles. The third-order valence-corrected chi connectivity index (χ3v) is 3.05. The summed E-state index contributed by atoms with van der Waals surface area (Å²) in [5.41, 5.74) is 5.93. The van der Waals surface area contributed by atoms with Crippen LogP contribution in [0.15, 0.2) is 12.1 Å². The number of methoxy groups -OCH3 is 2. The average molecular weight is 239 g/mol. The largest absolute Gasteiger partial charge is 0.496 e. The summed E-state index contributed by atoms with van der Waals surface area (Å²) < 4.78 is 10.5. The van der Waals surface area contributed by atoms with Crippen LogP contribution in [0.4, 0.5) is 0 Å². The van der Waals surface area contributed by atoms with E-state index in [-0.39, 0.29) is 0 Å². The zero-order valence-electron chi connectivity index (χ0n) is 11.3. The molecule has 0 saturated heterocycles. The van der Waals surface area contributed by atoms with Crippen molar-refractivity contribution in [1.29, 1.82) is 0 Å². The molecular formula is C12H16B3NO2. The van der Waals surface area contributed by atoms with Gasteiger partial charge < -0.3 is 15.2 Å². The second kappa shape index (κ2) is 4.92. The molecule has 0 aliphatic carbocycles. The maximum Gasteiger partial charge on any atom is 0.122 e. The van der Waals surface area contributed by atoms with Crippen molar-refractivity contribution in [3.05, 3.63) is 23.3 Å². The van der Waals surface area contributed by atoms with Crippen molar-refractivity contribution in [1.82, 2.24) is 0 Å². The average Bonchev–Trinajstić information content (AvgIpc) is 2.26. The molecular weight excluding hydrogens is 223 g/mol. The molecule has 1 aromatic rings. The van der Waals surface area contributed by atoms with Gasteiger partial charge in [-0.25, -0.2) is 0 Å². The normalized spacial score (nSPS) is 14.9. The van der Waals surface area contributed by atoms with Gasteiger partial charge in [-0.3, -0.25) is 0 Å². The Morgan fingerprint density at radius 3 is 1.94 bits per heavy atom. The Morgan fingerprint density at radius 2 is 1.56 bits per heavy atom. The van der Waals surface area contributed by atoms with Crippen molar-refractivity contribution in [2.45, 2.75) is 24.5 Å². The molecule has 3 nitrogen and oxygen atoms in total. The molecule has 0 amide bonds. The Kier molecular flexibility index (Phi) is 4.11. The highest BCUT2D eigenvalue weighted by Gasteiger charge is 2.36. The summed E-state index contributed by atoms with van der Waals surface area (Å²) in [5.74, 6) is 1.18. The van der Waals surface area contributed by atoms with E-state index in [2.05, 4.69) is 0 Å². The lowest BCUT2D eigenvalue weighted by Crippen LogP contribution is -2.58. The number of nitrogens with two attached hydrogens (primary N) is 1. The predicted molar refractivity (Wildman–Crippen MR) is 75.8 cm³/mol. The van der Waals surface area contributed by atoms with Crippen LogP contribution in [0.1, 0.15) is 18.1 Å². The molecule has 0 heterocycles. The Morgan fingerprint density at radius 1 is 1.06 bits per heavy atom. The highest BCUT2D eigenvalue weighted by molar-refractivity contribution is 6.45. The minimum Gasteiger partial charge on any atom is -0.496 e. The SMILES string of the molecule is [B]C(C)(N)C([B])([B])c1cc(OC)c(C)cc1OC. The van der Waals surface area contributed by atoms with Crippen molar-refractivity contribution < 1.29 is 9.47 Å². The van der Waals surface area contributed by atoms with Crippen LogP contribution in [0.2, 0.25) is 0 Å². The summed E-state index contributed by atoms with van der Waals surface area (Å²) in [7, 11) is 21.0. The zero-order chi connectivity index (χ0) is 14.1. The molecule has 1 unspecified atom stereocenters. The van der Waals surface area contributed by atoms with Crippen molar-refractivity contribution in [2.75, 3.05) is 14.2 Å². The Labute approximate surface area is 113 Å². The summed E-state index contributed by atoms with van der Waals surface area (Å²) >= 11 is 0. The van der Waals surface area contributed by atoms with Gasteiger partial charge in [0.25, 0.3) is 0 Å². The molecule has 1 rings (SSSR count). The molecule has 0 saturated carbocycles. The number of aryl methyl sites for hydroxylation is 1. The molecule has 6 radical (unpaired) electrons. The molecule has 0 bridgehead atoms. The van der Waals surface area contributed by atoms with E-state index >= 15 is 0 Å². The second-order valence-corrected chi connectivity index (χ2v) is 4.67. The van der Waals surface area contributed by atoms with Gasteiger partial charge in [0.2, 0.25) is 0 Å². The first-order valence-electron chi connectivity index (χ1n) is 5.53. The Balaban J connectivity index is 3.48. The summed E-state index contributed by atoms with van der Waals surface area (Å²) in [4.78, 5) is 0. The lowest BCUT2D eigenvalue weighted by atomic mass is 9.38. The van der Waals surface area contributed by atoms with Crippen molar-refractivity contribution in [3.8, 4) is 11.5 Å². The van der Waals surface area contributed by atoms with E-state index in [0.717, 1.165) is 5.56 Å². The van der Waals surface area contributed by atoms with E-state index < -0.39 is 10.7 Å². The van der Waals surface area contributed by atoms with Crippen LogP contribution in [-0.2, 0) is 5.21 Å². The van der Waals surface area contributed by atoms with E-state index in [4.69, 9.17) is 38.7 Å². The first-order chi connectivity index (χ1) is 8.15. The quantitative estimate of drug-likeness (QED) is 0.770. The molecule has 6 heteroatoms. The molecule has 0 aliphatic rings. The van der Waals surface area contributed by atoms with Gasteiger partial charge in [0, 0.05) is 0 Å². The van der Waals surface area contributed by atoms with Gasteiger partial charge in [-0.2, -0.15) is 0 Å². The van der Waals surface area contributed by atoms with Crippen molar-refractivity contribution in [2.24, 2.45) is 5.73 Å². The monoisotopic (exact) mass is 239 g/mol. The van der Waals surface area contributed by atoms with Gasteiger partial charge >= 0.3 is 0 Å². The van der Waals surface area contributed by atoms with E-state index in [1.54, 1.807) is 26.2 Å². The van der Waals surface area contributed by atoms with E-state index in [1.807, 2.05) is 6.92 Å². The number of benzene rings is 1. The van der Waals surface area contributed by atoms with Crippen molar-refractivity contribution in [3.63, 3.8) is 0 Å². The fourth-order valence-electron chi connectivity index (χ4n) is 1.66. The van der Waals surface area contributed by atoms with Gasteiger partial charge in [0.15, 0.2) is 0 Å². The van der Waals surface area contributed by atoms with Gasteiger partial charge in [0.1, 0.15) is 11.5 Å². The summed E-state index contributed by atoms with van der Waals surface area (Å²) in [5, 5.41) is -1.45. The number of hydrogen-bond acceptors (Lipinski definition) is 3. The molecule has 0 aliphatic heterocycles. The van der Waals surface area contributed by atoms with Gasteiger partial charge in [0.05, 0.1) is 37.8 Å². The Bertz CT molecular complexity index is 442. The number of ether oxygens (including phenoxy) is 2. The fraction of sp³-hybridized carbons (Fsp3) is 0.500. The number of hydrogen-bond donors (Lipinski definition) is 1. The molecule has 18 heavy (non-hydrogen) atoms. The fourth-order valence-corrected chi connectivity index (χ4v) is 1.66. The first-order valence-corrected chi connectivity index (χ1v) is 5.53. The summed E-state index contributed by atoms with van der Waals surface area (Å²) in [6, 6.07) is 3.49. The smallest absolute Gasteiger partial charge is 0.122 e. The van der Waals surface area contributed by atoms with Crippen molar-refractivity contribution >= 4 is 23.5 Å². The van der Waals surface area contributed by atoms with Gasteiger partial charge in [-0.15, -0.1) is 0 Å². The van der Waals surface area contributed by atoms with Crippen LogP contribution in [0.3, 0.4) is 0 Å². The van der Waals surface area contributed by atoms with E-state index in [1.165, 1.54) is 7.11 Å². The molecule has 0 fully saturated rings. The lowest BCUT2D eigenvalue weighted by Gasteiger charge is -2.42. The zero-order valence-corrected chi connectivity index (χ0v) is 11.3. The molecule has 90 valence electrons. The Hall–Kier alpha value is -1.03. The third-order valence-electron chi connectivity index (χ3n) is 3.05. The van der Waals surface area contributed by atoms with E-state index in [9.17, 15) is 0 Å². The topological polar surface area (TPSA) is 44.5 Å². The molecule has 2 N–H and O–H groups in total. The standard InChI is InChI=1S/C12H16B3NO2/c1-7-5-10(18-4)8(6-9(7)17-3)12(14,15)11(2,13)16/h5-6H,16H2,1-4H3. The molecule has 0 spiro atoms. The highest BCUT2D eigenvalue weighted by atomic mass is 16.5. The van der Waals surface area contributed by atoms with Crippen LogP contribution < -0.4 is 15.2 Å². The lowest BCUT2D eigenvalue weighted by molar-refractivity contribution is 0.390. The van der Waals surface area contributed by atoms with Gasteiger partial charge in [-0.1, -0.05) is 12.1 Å². The van der Waals surface area contributed by atoms with Crippen LogP contribution >= 0.6 is 0 Å². The second-order valence-electron chi connectivity index (χ2n) is 4.67. The molecule has 0 aromatic heterocycles. The predicted octanol–water partition coefficient (Wildman–Crippen LogP) is 0.345. The van der Waals surface area contributed by atoms with E-state index in [0.29, 0.717) is 17.1 Å².